The Morgan fingerprint density at radius 2 is 2.00 bits per heavy atom. The number of aryl methyl sites for hydroxylation is 1. The van der Waals surface area contributed by atoms with Crippen molar-refractivity contribution in [2.45, 2.75) is 49.9 Å². The van der Waals surface area contributed by atoms with Crippen LogP contribution in [0.5, 0.6) is 0 Å². The first-order valence-corrected chi connectivity index (χ1v) is 10.4. The van der Waals surface area contributed by atoms with E-state index in [0.29, 0.717) is 10.9 Å². The van der Waals surface area contributed by atoms with Gasteiger partial charge < -0.3 is 0 Å². The molecule has 1 saturated carbocycles. The highest BCUT2D eigenvalue weighted by Gasteiger charge is 2.19. The van der Waals surface area contributed by atoms with Crippen molar-refractivity contribution in [2.24, 2.45) is 5.92 Å². The summed E-state index contributed by atoms with van der Waals surface area (Å²) in [4.78, 5) is 4.64. The van der Waals surface area contributed by atoms with Gasteiger partial charge >= 0.3 is 0 Å². The number of H-pyrrole nitrogens is 1. The van der Waals surface area contributed by atoms with Crippen LogP contribution in [-0.4, -0.2) is 25.0 Å². The van der Waals surface area contributed by atoms with Crippen molar-refractivity contribution >= 4 is 23.4 Å². The summed E-state index contributed by atoms with van der Waals surface area (Å²) in [6, 6.07) is 9.95. The molecule has 0 radical (unpaired) electrons. The van der Waals surface area contributed by atoms with Gasteiger partial charge in [0.15, 0.2) is 0 Å². The van der Waals surface area contributed by atoms with Crippen LogP contribution in [0.4, 0.5) is 0 Å². The molecule has 26 heavy (non-hydrogen) atoms. The minimum Gasteiger partial charge on any atom is -0.262 e. The number of benzene rings is 1. The smallest absolute Gasteiger partial charge is 0.208 e. The van der Waals surface area contributed by atoms with Crippen molar-refractivity contribution in [3.8, 4) is 5.69 Å². The Morgan fingerprint density at radius 3 is 2.77 bits per heavy atom. The molecule has 2 heterocycles. The number of hydrogen-bond acceptors (Lipinski definition) is 4. The predicted molar refractivity (Wildman–Crippen MR) is 105 cm³/mol. The van der Waals surface area contributed by atoms with Gasteiger partial charge in [0.1, 0.15) is 11.0 Å². The van der Waals surface area contributed by atoms with Gasteiger partial charge in [0, 0.05) is 17.7 Å². The molecule has 1 fully saturated rings. The van der Waals surface area contributed by atoms with Crippen LogP contribution in [0.15, 0.2) is 35.5 Å². The maximum absolute atomic E-state index is 6.59. The Bertz CT molecular complexity index is 867. The molecule has 1 aromatic carbocycles. The van der Waals surface area contributed by atoms with Crippen LogP contribution >= 0.6 is 23.4 Å². The molecule has 0 spiro atoms. The summed E-state index contributed by atoms with van der Waals surface area (Å²) in [5.41, 5.74) is 2.93. The molecule has 1 N–H and O–H groups in total. The van der Waals surface area contributed by atoms with Crippen LogP contribution in [-0.2, 0) is 12.2 Å². The van der Waals surface area contributed by atoms with Crippen molar-refractivity contribution < 1.29 is 0 Å². The second-order valence-corrected chi connectivity index (χ2v) is 8.11. The zero-order valence-corrected chi connectivity index (χ0v) is 16.4. The lowest BCUT2D eigenvalue weighted by Crippen LogP contribution is -2.00. The fraction of sp³-hybridized carbons (Fsp3) is 0.421. The Morgan fingerprint density at radius 1 is 1.23 bits per heavy atom. The number of halogens is 1. The van der Waals surface area contributed by atoms with Crippen LogP contribution in [0, 0.1) is 12.8 Å². The average molecular weight is 388 g/mol. The predicted octanol–water partition coefficient (Wildman–Crippen LogP) is 4.98. The molecule has 1 aliphatic carbocycles. The van der Waals surface area contributed by atoms with Crippen molar-refractivity contribution in [1.82, 2.24) is 25.0 Å². The summed E-state index contributed by atoms with van der Waals surface area (Å²) in [5, 5.41) is 13.5. The average Bonchev–Trinajstić information content (AvgIpc) is 3.37. The third-order valence-corrected chi connectivity index (χ3v) is 6.20. The van der Waals surface area contributed by atoms with Gasteiger partial charge in [0.25, 0.3) is 0 Å². The topological polar surface area (TPSA) is 59.4 Å². The SMILES string of the molecule is Cc1nn(-c2ccccc2)c(Cl)c1CSc1n[nH]c(CC2CCCC2)n1. The van der Waals surface area contributed by atoms with E-state index in [2.05, 4.69) is 20.3 Å². The molecule has 4 rings (SSSR count). The minimum atomic E-state index is 0.655. The molecule has 3 aromatic rings. The third-order valence-electron chi connectivity index (χ3n) is 4.94. The van der Waals surface area contributed by atoms with Gasteiger partial charge in [-0.25, -0.2) is 9.67 Å². The van der Waals surface area contributed by atoms with Gasteiger partial charge in [-0.2, -0.15) is 5.10 Å². The van der Waals surface area contributed by atoms with Gasteiger partial charge in [-0.05, 0) is 25.0 Å². The van der Waals surface area contributed by atoms with E-state index in [-0.39, 0.29) is 0 Å². The van der Waals surface area contributed by atoms with Gasteiger partial charge in [0.05, 0.1) is 11.4 Å². The van der Waals surface area contributed by atoms with Gasteiger partial charge in [-0.15, -0.1) is 5.10 Å². The third kappa shape index (κ3) is 3.81. The molecule has 7 heteroatoms. The zero-order chi connectivity index (χ0) is 17.9. The molecule has 0 saturated heterocycles. The maximum atomic E-state index is 6.59. The fourth-order valence-electron chi connectivity index (χ4n) is 3.49. The molecule has 0 atom stereocenters. The summed E-state index contributed by atoms with van der Waals surface area (Å²) in [6.45, 7) is 1.99. The van der Waals surface area contributed by atoms with E-state index >= 15 is 0 Å². The second kappa shape index (κ2) is 7.84. The quantitative estimate of drug-likeness (QED) is 0.606. The first kappa shape index (κ1) is 17.6. The summed E-state index contributed by atoms with van der Waals surface area (Å²) in [7, 11) is 0. The number of rotatable bonds is 6. The Labute approximate surface area is 162 Å². The molecule has 1 aliphatic rings. The van der Waals surface area contributed by atoms with Crippen LogP contribution in [0.3, 0.4) is 0 Å². The standard InChI is InChI=1S/C19H22ClN5S/c1-13-16(18(20)25(24-13)15-9-3-2-4-10-15)12-26-19-21-17(22-23-19)11-14-7-5-6-8-14/h2-4,9-10,14H,5-8,11-12H2,1H3,(H,21,22,23). The first-order valence-electron chi connectivity index (χ1n) is 9.04. The molecule has 2 aromatic heterocycles. The van der Waals surface area contributed by atoms with Gasteiger partial charge in [-0.1, -0.05) is 67.2 Å². The second-order valence-electron chi connectivity index (χ2n) is 6.81. The van der Waals surface area contributed by atoms with Crippen molar-refractivity contribution in [1.29, 1.82) is 0 Å². The Kier molecular flexibility index (Phi) is 5.31. The highest BCUT2D eigenvalue weighted by atomic mass is 35.5. The monoisotopic (exact) mass is 387 g/mol. The fourth-order valence-corrected chi connectivity index (χ4v) is 4.82. The molecular formula is C19H22ClN5S. The van der Waals surface area contributed by atoms with E-state index in [1.165, 1.54) is 25.7 Å². The summed E-state index contributed by atoms with van der Waals surface area (Å²) < 4.78 is 1.79. The highest BCUT2D eigenvalue weighted by molar-refractivity contribution is 7.98. The largest absolute Gasteiger partial charge is 0.262 e. The summed E-state index contributed by atoms with van der Waals surface area (Å²) in [6.07, 6.45) is 6.35. The molecule has 0 aliphatic heterocycles. The van der Waals surface area contributed by atoms with E-state index < -0.39 is 0 Å². The Hall–Kier alpha value is -1.79. The van der Waals surface area contributed by atoms with Crippen LogP contribution in [0.1, 0.15) is 42.8 Å². The molecule has 0 unspecified atom stereocenters. The molecule has 136 valence electrons. The normalized spacial score (nSPS) is 15.0. The van der Waals surface area contributed by atoms with Crippen molar-refractivity contribution in [3.05, 3.63) is 52.6 Å². The molecule has 5 nitrogen and oxygen atoms in total. The lowest BCUT2D eigenvalue weighted by molar-refractivity contribution is 0.531. The van der Waals surface area contributed by atoms with Gasteiger partial charge in [0.2, 0.25) is 5.16 Å². The zero-order valence-electron chi connectivity index (χ0n) is 14.8. The van der Waals surface area contributed by atoms with E-state index in [1.807, 2.05) is 37.3 Å². The number of hydrogen-bond donors (Lipinski definition) is 1. The molecule has 0 bridgehead atoms. The minimum absolute atomic E-state index is 0.655. The molecule has 0 amide bonds. The van der Waals surface area contributed by atoms with E-state index in [9.17, 15) is 0 Å². The van der Waals surface area contributed by atoms with Crippen LogP contribution in [0.2, 0.25) is 5.15 Å². The highest BCUT2D eigenvalue weighted by Crippen LogP contribution is 2.30. The van der Waals surface area contributed by atoms with Crippen molar-refractivity contribution in [2.75, 3.05) is 0 Å². The molecular weight excluding hydrogens is 366 g/mol. The summed E-state index contributed by atoms with van der Waals surface area (Å²) in [5.74, 6) is 2.47. The maximum Gasteiger partial charge on any atom is 0.208 e. The van der Waals surface area contributed by atoms with Crippen molar-refractivity contribution in [3.63, 3.8) is 0 Å². The van der Waals surface area contributed by atoms with Gasteiger partial charge in [-0.3, -0.25) is 5.10 Å². The number of aromatic amines is 1. The number of thioether (sulfide) groups is 1. The first-order chi connectivity index (χ1) is 12.7. The number of aromatic nitrogens is 5. The number of para-hydroxylation sites is 1. The lowest BCUT2D eigenvalue weighted by atomic mass is 10.0. The number of nitrogens with zero attached hydrogens (tertiary/aromatic N) is 4. The van der Waals surface area contributed by atoms with E-state index in [4.69, 9.17) is 11.6 Å². The van der Waals surface area contributed by atoms with E-state index in [1.54, 1.807) is 16.4 Å². The lowest BCUT2D eigenvalue weighted by Gasteiger charge is -2.04. The van der Waals surface area contributed by atoms with Crippen LogP contribution < -0.4 is 0 Å². The number of nitrogens with one attached hydrogen (secondary N) is 1. The summed E-state index contributed by atoms with van der Waals surface area (Å²) >= 11 is 8.19. The Balaban J connectivity index is 1.43. The van der Waals surface area contributed by atoms with E-state index in [0.717, 1.165) is 40.3 Å². The van der Waals surface area contributed by atoms with Crippen LogP contribution in [0.25, 0.3) is 5.69 Å².